The summed E-state index contributed by atoms with van der Waals surface area (Å²) in [7, 11) is 0. The quantitative estimate of drug-likeness (QED) is 0.393. The number of nitrogens with zero attached hydrogens (tertiary/aromatic N) is 1. The smallest absolute Gasteiger partial charge is 0.352 e. The Morgan fingerprint density at radius 3 is 2.70 bits per heavy atom. The van der Waals surface area contributed by atoms with Crippen LogP contribution in [0.4, 0.5) is 0 Å². The van der Waals surface area contributed by atoms with Crippen LogP contribution in [0.1, 0.15) is 29.4 Å². The fourth-order valence-electron chi connectivity index (χ4n) is 3.02. The number of H-pyrrole nitrogens is 1. The highest BCUT2D eigenvalue weighted by atomic mass is 16.5. The monoisotopic (exact) mass is 368 g/mol. The number of fused-ring (bicyclic) bond motifs is 1. The van der Waals surface area contributed by atoms with Crippen molar-refractivity contribution in [2.24, 2.45) is 0 Å². The van der Waals surface area contributed by atoms with Gasteiger partial charge in [0.15, 0.2) is 0 Å². The average molecular weight is 368 g/mol. The van der Waals surface area contributed by atoms with Crippen molar-refractivity contribution >= 4 is 16.9 Å². The number of carboxylic acids is 1. The first-order chi connectivity index (χ1) is 13.0. The van der Waals surface area contributed by atoms with E-state index in [0.29, 0.717) is 26.0 Å². The number of rotatable bonds is 9. The van der Waals surface area contributed by atoms with Crippen LogP contribution in [0.5, 0.6) is 5.75 Å². The Hall–Kier alpha value is -2.83. The van der Waals surface area contributed by atoms with Gasteiger partial charge in [-0.05, 0) is 55.7 Å². The molecule has 0 saturated heterocycles. The molecule has 3 aromatic rings. The molecular weight excluding hydrogens is 344 g/mol. The number of benzene rings is 2. The van der Waals surface area contributed by atoms with E-state index in [4.69, 9.17) is 9.84 Å². The lowest BCUT2D eigenvalue weighted by Gasteiger charge is -2.22. The fourth-order valence-corrected chi connectivity index (χ4v) is 3.02. The topological polar surface area (TPSA) is 85.8 Å². The maximum Gasteiger partial charge on any atom is 0.352 e. The van der Waals surface area contributed by atoms with Crippen molar-refractivity contribution in [1.82, 2.24) is 10.0 Å². The summed E-state index contributed by atoms with van der Waals surface area (Å²) in [5, 5.41) is 21.5. The van der Waals surface area contributed by atoms with Gasteiger partial charge in [0.25, 0.3) is 0 Å². The van der Waals surface area contributed by atoms with Crippen molar-refractivity contribution in [2.75, 3.05) is 13.2 Å². The molecule has 0 aliphatic heterocycles. The zero-order valence-corrected chi connectivity index (χ0v) is 15.3. The van der Waals surface area contributed by atoms with E-state index in [1.807, 2.05) is 55.5 Å². The first-order valence-corrected chi connectivity index (χ1v) is 9.01. The van der Waals surface area contributed by atoms with E-state index in [-0.39, 0.29) is 11.7 Å². The maximum absolute atomic E-state index is 11.1. The summed E-state index contributed by atoms with van der Waals surface area (Å²) in [6, 6.07) is 17.0. The molecule has 0 radical (unpaired) electrons. The molecule has 0 amide bonds. The maximum atomic E-state index is 11.1. The van der Waals surface area contributed by atoms with E-state index in [9.17, 15) is 10.0 Å². The molecule has 1 heterocycles. The second kappa shape index (κ2) is 8.70. The minimum absolute atomic E-state index is 0.0583. The van der Waals surface area contributed by atoms with Gasteiger partial charge in [-0.15, -0.1) is 0 Å². The first kappa shape index (κ1) is 18.9. The van der Waals surface area contributed by atoms with Crippen LogP contribution in [-0.2, 0) is 6.42 Å². The first-order valence-electron chi connectivity index (χ1n) is 9.01. The van der Waals surface area contributed by atoms with Gasteiger partial charge < -0.3 is 20.0 Å². The molecule has 0 bridgehead atoms. The average Bonchev–Trinajstić information content (AvgIpc) is 3.09. The largest absolute Gasteiger partial charge is 0.494 e. The van der Waals surface area contributed by atoms with Crippen LogP contribution < -0.4 is 4.74 Å². The molecule has 3 N–H and O–H groups in total. The molecule has 27 heavy (non-hydrogen) atoms. The number of aromatic nitrogens is 1. The predicted octanol–water partition coefficient (Wildman–Crippen LogP) is 3.96. The number of carbonyl (C=O) groups is 1. The highest BCUT2D eigenvalue weighted by Crippen LogP contribution is 2.19. The molecule has 1 unspecified atom stereocenters. The van der Waals surface area contributed by atoms with E-state index in [1.54, 1.807) is 6.07 Å². The molecule has 3 rings (SSSR count). The number of hydroxylamine groups is 2. The third kappa shape index (κ3) is 5.09. The van der Waals surface area contributed by atoms with Crippen LogP contribution in [0.3, 0.4) is 0 Å². The summed E-state index contributed by atoms with van der Waals surface area (Å²) in [5.41, 5.74) is 2.02. The van der Waals surface area contributed by atoms with E-state index >= 15 is 0 Å². The van der Waals surface area contributed by atoms with Crippen molar-refractivity contribution in [3.63, 3.8) is 0 Å². The van der Waals surface area contributed by atoms with Gasteiger partial charge in [-0.2, -0.15) is 5.06 Å². The number of aromatic carboxylic acids is 1. The van der Waals surface area contributed by atoms with Crippen LogP contribution >= 0.6 is 0 Å². The zero-order chi connectivity index (χ0) is 19.2. The molecule has 142 valence electrons. The Balaban J connectivity index is 1.49. The number of ether oxygens (including phenoxy) is 1. The van der Waals surface area contributed by atoms with Crippen molar-refractivity contribution < 1.29 is 19.8 Å². The molecule has 0 saturated carbocycles. The van der Waals surface area contributed by atoms with Gasteiger partial charge >= 0.3 is 5.97 Å². The number of para-hydroxylation sites is 1. The lowest BCUT2D eigenvalue weighted by molar-refractivity contribution is -0.123. The molecule has 1 aromatic heterocycles. The molecule has 6 heteroatoms. The Morgan fingerprint density at radius 1 is 1.19 bits per heavy atom. The van der Waals surface area contributed by atoms with E-state index in [2.05, 4.69) is 4.98 Å². The van der Waals surface area contributed by atoms with Crippen molar-refractivity contribution in [1.29, 1.82) is 0 Å². The Bertz CT molecular complexity index is 892. The summed E-state index contributed by atoms with van der Waals surface area (Å²) >= 11 is 0. The predicted molar refractivity (Wildman–Crippen MR) is 103 cm³/mol. The summed E-state index contributed by atoms with van der Waals surface area (Å²) in [6.45, 7) is 3.02. The second-order valence-electron chi connectivity index (χ2n) is 6.64. The fraction of sp³-hybridized carbons (Fsp3) is 0.286. The molecule has 1 atom stereocenters. The van der Waals surface area contributed by atoms with Crippen molar-refractivity contribution in [2.45, 2.75) is 25.8 Å². The molecule has 0 spiro atoms. The summed E-state index contributed by atoms with van der Waals surface area (Å²) in [5.74, 6) is -0.143. The lowest BCUT2D eigenvalue weighted by atomic mass is 10.0. The van der Waals surface area contributed by atoms with Crippen LogP contribution in [0, 0.1) is 0 Å². The van der Waals surface area contributed by atoms with Gasteiger partial charge in [0.1, 0.15) is 11.4 Å². The molecule has 0 fully saturated rings. The van der Waals surface area contributed by atoms with Crippen LogP contribution in [0.25, 0.3) is 10.9 Å². The molecule has 0 aliphatic rings. The molecule has 6 nitrogen and oxygen atoms in total. The Morgan fingerprint density at radius 2 is 1.96 bits per heavy atom. The third-order valence-corrected chi connectivity index (χ3v) is 4.50. The van der Waals surface area contributed by atoms with Crippen LogP contribution in [0.15, 0.2) is 54.6 Å². The molecule has 2 aromatic carbocycles. The number of nitrogens with one attached hydrogen (secondary N) is 1. The lowest BCUT2D eigenvalue weighted by Crippen LogP contribution is -2.33. The number of hydrogen-bond donors (Lipinski definition) is 3. The summed E-state index contributed by atoms with van der Waals surface area (Å²) in [4.78, 5) is 13.9. The SMILES string of the molecule is CC(Cc1ccc2[nH]c(C(=O)O)cc2c1)N(O)CCCOc1ccccc1. The van der Waals surface area contributed by atoms with E-state index in [0.717, 1.165) is 22.2 Å². The zero-order valence-electron chi connectivity index (χ0n) is 15.3. The standard InChI is InChI=1S/C21H24N2O4/c1-15(23(26)10-5-11-27-18-6-3-2-4-7-18)12-16-8-9-19-17(13-16)14-20(22-19)21(24)25/h2-4,6-9,13-15,22,26H,5,10-12H2,1H3,(H,24,25). The van der Waals surface area contributed by atoms with E-state index < -0.39 is 5.97 Å². The van der Waals surface area contributed by atoms with Crippen molar-refractivity contribution in [3.8, 4) is 5.75 Å². The van der Waals surface area contributed by atoms with Gasteiger partial charge in [0.2, 0.25) is 0 Å². The highest BCUT2D eigenvalue weighted by molar-refractivity contribution is 5.93. The number of hydrogen-bond acceptors (Lipinski definition) is 4. The van der Waals surface area contributed by atoms with Crippen LogP contribution in [0.2, 0.25) is 0 Å². The Labute approximate surface area is 158 Å². The number of carboxylic acid groups (broad SMARTS) is 1. The summed E-state index contributed by atoms with van der Waals surface area (Å²) < 4.78 is 5.64. The minimum Gasteiger partial charge on any atom is -0.494 e. The van der Waals surface area contributed by atoms with Gasteiger partial charge in [-0.3, -0.25) is 0 Å². The van der Waals surface area contributed by atoms with Gasteiger partial charge in [-0.1, -0.05) is 24.3 Å². The Kier molecular flexibility index (Phi) is 6.11. The van der Waals surface area contributed by atoms with E-state index in [1.165, 1.54) is 5.06 Å². The van der Waals surface area contributed by atoms with Gasteiger partial charge in [0.05, 0.1) is 6.61 Å². The molecular formula is C21H24N2O4. The van der Waals surface area contributed by atoms with Crippen molar-refractivity contribution in [3.05, 3.63) is 65.9 Å². The van der Waals surface area contributed by atoms with Gasteiger partial charge in [-0.25, -0.2) is 4.79 Å². The third-order valence-electron chi connectivity index (χ3n) is 4.50. The number of aromatic amines is 1. The van der Waals surface area contributed by atoms with Gasteiger partial charge in [0, 0.05) is 23.5 Å². The van der Waals surface area contributed by atoms with Crippen LogP contribution in [-0.4, -0.2) is 45.5 Å². The minimum atomic E-state index is -0.972. The highest BCUT2D eigenvalue weighted by Gasteiger charge is 2.13. The normalized spacial score (nSPS) is 12.4. The second-order valence-corrected chi connectivity index (χ2v) is 6.64. The molecule has 0 aliphatic carbocycles. The summed E-state index contributed by atoms with van der Waals surface area (Å²) in [6.07, 6.45) is 1.38.